The first-order chi connectivity index (χ1) is 10.6. The summed E-state index contributed by atoms with van der Waals surface area (Å²) in [5, 5.41) is 7.22. The number of carbonyl (C=O) groups excluding carboxylic acids is 1. The Morgan fingerprint density at radius 3 is 2.82 bits per heavy atom. The maximum atomic E-state index is 12.5. The lowest BCUT2D eigenvalue weighted by atomic mass is 10.1. The molecule has 1 aliphatic heterocycles. The van der Waals surface area contributed by atoms with Crippen LogP contribution in [0, 0.1) is 6.92 Å². The summed E-state index contributed by atoms with van der Waals surface area (Å²) in [7, 11) is 0. The minimum Gasteiger partial charge on any atom is -0.361 e. The molecule has 0 bridgehead atoms. The second kappa shape index (κ2) is 6.50. The van der Waals surface area contributed by atoms with Gasteiger partial charge in [-0.15, -0.1) is 0 Å². The summed E-state index contributed by atoms with van der Waals surface area (Å²) in [6, 6.07) is 7.13. The molecule has 2 aromatic rings. The number of aromatic nitrogens is 1. The molecule has 1 amide bonds. The second-order valence-electron chi connectivity index (χ2n) is 5.48. The molecule has 0 atom stereocenters. The van der Waals surface area contributed by atoms with Crippen molar-refractivity contribution in [1.82, 2.24) is 10.1 Å². The number of anilines is 1. The van der Waals surface area contributed by atoms with Gasteiger partial charge in [-0.1, -0.05) is 28.9 Å². The molecule has 0 radical (unpaired) electrons. The van der Waals surface area contributed by atoms with Crippen molar-refractivity contribution >= 4 is 23.2 Å². The highest BCUT2D eigenvalue weighted by molar-refractivity contribution is 6.33. The van der Waals surface area contributed by atoms with E-state index < -0.39 is 0 Å². The SMILES string of the molecule is Cc1onc(C(=O)Nc2ccccc2Cl)c1CN1CCCC1. The monoisotopic (exact) mass is 319 g/mol. The van der Waals surface area contributed by atoms with Crippen LogP contribution in [0.2, 0.25) is 5.02 Å². The quantitative estimate of drug-likeness (QED) is 0.937. The van der Waals surface area contributed by atoms with Crippen molar-refractivity contribution < 1.29 is 9.32 Å². The van der Waals surface area contributed by atoms with Gasteiger partial charge in [0.25, 0.3) is 5.91 Å². The summed E-state index contributed by atoms with van der Waals surface area (Å²) in [5.41, 5.74) is 1.76. The van der Waals surface area contributed by atoms with Gasteiger partial charge in [0.1, 0.15) is 5.76 Å². The van der Waals surface area contributed by atoms with Crippen LogP contribution in [0.15, 0.2) is 28.8 Å². The number of nitrogens with one attached hydrogen (secondary N) is 1. The van der Waals surface area contributed by atoms with E-state index in [2.05, 4.69) is 15.4 Å². The zero-order valence-electron chi connectivity index (χ0n) is 12.4. The number of para-hydroxylation sites is 1. The number of nitrogens with zero attached hydrogens (tertiary/aromatic N) is 2. The Morgan fingerprint density at radius 2 is 2.09 bits per heavy atom. The van der Waals surface area contributed by atoms with Gasteiger partial charge in [0.15, 0.2) is 5.69 Å². The first-order valence-electron chi connectivity index (χ1n) is 7.38. The molecular formula is C16H18ClN3O2. The Morgan fingerprint density at radius 1 is 1.36 bits per heavy atom. The zero-order chi connectivity index (χ0) is 15.5. The second-order valence-corrected chi connectivity index (χ2v) is 5.89. The smallest absolute Gasteiger partial charge is 0.278 e. The van der Waals surface area contributed by atoms with Crippen molar-refractivity contribution in [3.05, 3.63) is 46.3 Å². The van der Waals surface area contributed by atoms with Crippen LogP contribution in [0.3, 0.4) is 0 Å². The Bertz CT molecular complexity index is 678. The molecule has 0 unspecified atom stereocenters. The summed E-state index contributed by atoms with van der Waals surface area (Å²) in [6.07, 6.45) is 2.40. The zero-order valence-corrected chi connectivity index (χ0v) is 13.2. The molecule has 1 aromatic carbocycles. The van der Waals surface area contributed by atoms with E-state index in [9.17, 15) is 4.79 Å². The number of rotatable bonds is 4. The van der Waals surface area contributed by atoms with Crippen molar-refractivity contribution in [1.29, 1.82) is 0 Å². The predicted octanol–water partition coefficient (Wildman–Crippen LogP) is 3.48. The Labute approximate surface area is 134 Å². The molecule has 1 fully saturated rings. The summed E-state index contributed by atoms with van der Waals surface area (Å²) >= 11 is 6.07. The van der Waals surface area contributed by atoms with Gasteiger partial charge in [0.2, 0.25) is 0 Å². The molecule has 2 heterocycles. The molecule has 1 aliphatic rings. The fourth-order valence-electron chi connectivity index (χ4n) is 2.66. The van der Waals surface area contributed by atoms with Crippen LogP contribution in [-0.4, -0.2) is 29.1 Å². The van der Waals surface area contributed by atoms with Crippen molar-refractivity contribution in [2.45, 2.75) is 26.3 Å². The van der Waals surface area contributed by atoms with E-state index in [0.29, 0.717) is 28.7 Å². The lowest BCUT2D eigenvalue weighted by molar-refractivity contribution is 0.101. The molecule has 0 saturated carbocycles. The number of likely N-dealkylation sites (tertiary alicyclic amines) is 1. The first-order valence-corrected chi connectivity index (χ1v) is 7.76. The molecule has 1 aromatic heterocycles. The van der Waals surface area contributed by atoms with Crippen molar-refractivity contribution in [3.8, 4) is 0 Å². The fourth-order valence-corrected chi connectivity index (χ4v) is 2.85. The van der Waals surface area contributed by atoms with E-state index in [1.807, 2.05) is 19.1 Å². The van der Waals surface area contributed by atoms with Crippen LogP contribution in [0.25, 0.3) is 0 Å². The van der Waals surface area contributed by atoms with E-state index in [4.69, 9.17) is 16.1 Å². The molecule has 22 heavy (non-hydrogen) atoms. The van der Waals surface area contributed by atoms with E-state index in [1.165, 1.54) is 12.8 Å². The Kier molecular flexibility index (Phi) is 4.45. The largest absolute Gasteiger partial charge is 0.361 e. The Hall–Kier alpha value is -1.85. The van der Waals surface area contributed by atoms with Gasteiger partial charge in [0.05, 0.1) is 10.7 Å². The average Bonchev–Trinajstić information content (AvgIpc) is 3.13. The molecule has 3 rings (SSSR count). The fraction of sp³-hybridized carbons (Fsp3) is 0.375. The standard InChI is InChI=1S/C16H18ClN3O2/c1-11-12(10-20-8-4-5-9-20)15(19-22-11)16(21)18-14-7-3-2-6-13(14)17/h2-3,6-7H,4-5,8-10H2,1H3,(H,18,21). The van der Waals surface area contributed by atoms with Crippen LogP contribution < -0.4 is 5.32 Å². The number of benzene rings is 1. The van der Waals surface area contributed by atoms with Crippen LogP contribution in [0.5, 0.6) is 0 Å². The predicted molar refractivity (Wildman–Crippen MR) is 85.2 cm³/mol. The van der Waals surface area contributed by atoms with Crippen molar-refractivity contribution in [3.63, 3.8) is 0 Å². The number of hydrogen-bond donors (Lipinski definition) is 1. The molecular weight excluding hydrogens is 302 g/mol. The first kappa shape index (κ1) is 15.1. The van der Waals surface area contributed by atoms with Crippen LogP contribution >= 0.6 is 11.6 Å². The van der Waals surface area contributed by atoms with E-state index in [-0.39, 0.29) is 5.91 Å². The van der Waals surface area contributed by atoms with Crippen LogP contribution in [0.4, 0.5) is 5.69 Å². The molecule has 0 spiro atoms. The van der Waals surface area contributed by atoms with Crippen molar-refractivity contribution in [2.24, 2.45) is 0 Å². The minimum absolute atomic E-state index is 0.292. The summed E-state index contributed by atoms with van der Waals surface area (Å²) in [6.45, 7) is 4.64. The van der Waals surface area contributed by atoms with Gasteiger partial charge in [-0.05, 0) is 45.0 Å². The van der Waals surface area contributed by atoms with Gasteiger partial charge in [-0.25, -0.2) is 0 Å². The van der Waals surface area contributed by atoms with Gasteiger partial charge < -0.3 is 9.84 Å². The maximum Gasteiger partial charge on any atom is 0.278 e. The Balaban J connectivity index is 1.79. The summed E-state index contributed by atoms with van der Waals surface area (Å²) in [5.74, 6) is 0.398. The lowest BCUT2D eigenvalue weighted by Crippen LogP contribution is -2.22. The van der Waals surface area contributed by atoms with E-state index in [0.717, 1.165) is 18.7 Å². The average molecular weight is 320 g/mol. The summed E-state index contributed by atoms with van der Waals surface area (Å²) < 4.78 is 5.22. The highest BCUT2D eigenvalue weighted by Crippen LogP contribution is 2.23. The third-order valence-electron chi connectivity index (χ3n) is 3.90. The van der Waals surface area contributed by atoms with Gasteiger partial charge >= 0.3 is 0 Å². The number of carbonyl (C=O) groups is 1. The van der Waals surface area contributed by atoms with Crippen LogP contribution in [0.1, 0.15) is 34.7 Å². The molecule has 6 heteroatoms. The lowest BCUT2D eigenvalue weighted by Gasteiger charge is -2.14. The van der Waals surface area contributed by atoms with Crippen LogP contribution in [-0.2, 0) is 6.54 Å². The molecule has 1 N–H and O–H groups in total. The van der Waals surface area contributed by atoms with Gasteiger partial charge in [0, 0.05) is 12.1 Å². The number of halogens is 1. The van der Waals surface area contributed by atoms with Crippen molar-refractivity contribution in [2.75, 3.05) is 18.4 Å². The molecule has 0 aliphatic carbocycles. The summed E-state index contributed by atoms with van der Waals surface area (Å²) in [4.78, 5) is 14.8. The maximum absolute atomic E-state index is 12.5. The molecule has 116 valence electrons. The third-order valence-corrected chi connectivity index (χ3v) is 4.23. The number of hydrogen-bond acceptors (Lipinski definition) is 4. The topological polar surface area (TPSA) is 58.4 Å². The molecule has 5 nitrogen and oxygen atoms in total. The number of aryl methyl sites for hydroxylation is 1. The van der Waals surface area contributed by atoms with Gasteiger partial charge in [-0.3, -0.25) is 9.69 Å². The minimum atomic E-state index is -0.292. The van der Waals surface area contributed by atoms with Gasteiger partial charge in [-0.2, -0.15) is 0 Å². The highest BCUT2D eigenvalue weighted by Gasteiger charge is 2.23. The third kappa shape index (κ3) is 3.15. The number of amides is 1. The molecule has 1 saturated heterocycles. The van der Waals surface area contributed by atoms with E-state index >= 15 is 0 Å². The normalized spacial score (nSPS) is 15.2. The van der Waals surface area contributed by atoms with E-state index in [1.54, 1.807) is 12.1 Å². The highest BCUT2D eigenvalue weighted by atomic mass is 35.5.